The first-order chi connectivity index (χ1) is 14.4. The van der Waals surface area contributed by atoms with Crippen LogP contribution < -0.4 is 9.47 Å². The van der Waals surface area contributed by atoms with Crippen molar-refractivity contribution in [1.82, 2.24) is 4.98 Å². The minimum atomic E-state index is -0.348. The van der Waals surface area contributed by atoms with Gasteiger partial charge in [0.2, 0.25) is 0 Å². The Hall–Kier alpha value is -2.70. The number of halogens is 2. The fraction of sp³-hybridized carbons (Fsp3) is 0.174. The van der Waals surface area contributed by atoms with Gasteiger partial charge in [0.25, 0.3) is 0 Å². The van der Waals surface area contributed by atoms with Crippen molar-refractivity contribution in [1.29, 1.82) is 0 Å². The summed E-state index contributed by atoms with van der Waals surface area (Å²) in [5.74, 6) is 0.133. The molecule has 0 radical (unpaired) electrons. The molecule has 154 valence electrons. The van der Waals surface area contributed by atoms with Gasteiger partial charge in [0, 0.05) is 28.8 Å². The van der Waals surface area contributed by atoms with Gasteiger partial charge < -0.3 is 9.47 Å². The molecule has 0 spiro atoms. The van der Waals surface area contributed by atoms with E-state index in [-0.39, 0.29) is 24.8 Å². The molecule has 3 aromatic rings. The molecule has 0 fully saturated rings. The lowest BCUT2D eigenvalue weighted by molar-refractivity contribution is -0.134. The Bertz CT molecular complexity index is 1140. The third-order valence-electron chi connectivity index (χ3n) is 4.19. The van der Waals surface area contributed by atoms with Crippen LogP contribution >= 0.6 is 27.5 Å². The van der Waals surface area contributed by atoms with E-state index in [0.29, 0.717) is 37.8 Å². The van der Waals surface area contributed by atoms with Crippen molar-refractivity contribution in [2.75, 3.05) is 0 Å². The predicted molar refractivity (Wildman–Crippen MR) is 122 cm³/mol. The fourth-order valence-corrected chi connectivity index (χ4v) is 3.59. The van der Waals surface area contributed by atoms with E-state index in [1.807, 2.05) is 24.3 Å². The molecule has 7 heteroatoms. The molecule has 0 atom stereocenters. The Morgan fingerprint density at radius 2 is 1.77 bits per heavy atom. The molecular weight excluding hydrogens is 470 g/mol. The minimum Gasteiger partial charge on any atom is -0.425 e. The van der Waals surface area contributed by atoms with Crippen LogP contribution in [0.1, 0.15) is 37.9 Å². The van der Waals surface area contributed by atoms with Crippen LogP contribution in [0.25, 0.3) is 23.1 Å². The number of carbonyl (C=O) groups excluding carboxylic acids is 2. The first-order valence-electron chi connectivity index (χ1n) is 9.39. The molecule has 3 rings (SSSR count). The topological polar surface area (TPSA) is 65.5 Å². The van der Waals surface area contributed by atoms with Crippen molar-refractivity contribution >= 4 is 62.5 Å². The molecular formula is C23H19BrClNO4. The summed E-state index contributed by atoms with van der Waals surface area (Å²) in [4.78, 5) is 28.1. The Kier molecular flexibility index (Phi) is 7.24. The maximum absolute atomic E-state index is 11.8. The summed E-state index contributed by atoms with van der Waals surface area (Å²) in [5, 5.41) is 1.36. The van der Waals surface area contributed by atoms with Crippen molar-refractivity contribution in [3.05, 3.63) is 63.2 Å². The lowest BCUT2D eigenvalue weighted by Gasteiger charge is -2.10. The average Bonchev–Trinajstić information content (AvgIpc) is 2.74. The molecule has 0 aliphatic heterocycles. The number of pyridine rings is 1. The number of hydrogen-bond donors (Lipinski definition) is 0. The van der Waals surface area contributed by atoms with E-state index in [1.54, 1.807) is 44.2 Å². The first-order valence-corrected chi connectivity index (χ1v) is 10.6. The number of esters is 2. The number of ether oxygens (including phenoxy) is 2. The SMILES string of the molecule is CCC(=O)Oc1c(Br)cc(Cl)cc1/C=C/c1ccc2cccc(OC(=O)CC)c2n1. The zero-order valence-electron chi connectivity index (χ0n) is 16.4. The highest BCUT2D eigenvalue weighted by Crippen LogP contribution is 2.34. The number of hydrogen-bond acceptors (Lipinski definition) is 5. The molecule has 0 saturated carbocycles. The smallest absolute Gasteiger partial charge is 0.310 e. The van der Waals surface area contributed by atoms with Gasteiger partial charge in [-0.2, -0.15) is 0 Å². The summed E-state index contributed by atoms with van der Waals surface area (Å²) < 4.78 is 11.4. The molecule has 1 aromatic heterocycles. The van der Waals surface area contributed by atoms with Gasteiger partial charge in [0.05, 0.1) is 10.2 Å². The second-order valence-electron chi connectivity index (χ2n) is 6.36. The Balaban J connectivity index is 1.99. The summed E-state index contributed by atoms with van der Waals surface area (Å²) in [6.45, 7) is 3.46. The third-order valence-corrected chi connectivity index (χ3v) is 5.00. The summed E-state index contributed by atoms with van der Waals surface area (Å²) >= 11 is 9.56. The molecule has 2 aromatic carbocycles. The second kappa shape index (κ2) is 9.87. The van der Waals surface area contributed by atoms with Crippen molar-refractivity contribution in [2.24, 2.45) is 0 Å². The van der Waals surface area contributed by atoms with Gasteiger partial charge >= 0.3 is 11.9 Å². The zero-order valence-corrected chi connectivity index (χ0v) is 18.8. The highest BCUT2D eigenvalue weighted by atomic mass is 79.9. The molecule has 0 N–H and O–H groups in total. The van der Waals surface area contributed by atoms with E-state index in [1.165, 1.54) is 0 Å². The number of nitrogens with zero attached hydrogens (tertiary/aromatic N) is 1. The maximum Gasteiger partial charge on any atom is 0.310 e. The molecule has 0 aliphatic rings. The summed E-state index contributed by atoms with van der Waals surface area (Å²) in [5.41, 5.74) is 1.86. The van der Waals surface area contributed by atoms with Crippen LogP contribution in [0, 0.1) is 0 Å². The van der Waals surface area contributed by atoms with Crippen LogP contribution in [0.4, 0.5) is 0 Å². The molecule has 0 saturated heterocycles. The number of para-hydroxylation sites is 1. The number of benzene rings is 2. The molecule has 5 nitrogen and oxygen atoms in total. The summed E-state index contributed by atoms with van der Waals surface area (Å²) in [6, 6.07) is 12.5. The normalized spacial score (nSPS) is 11.1. The molecule has 1 heterocycles. The van der Waals surface area contributed by atoms with Crippen LogP contribution in [-0.4, -0.2) is 16.9 Å². The van der Waals surface area contributed by atoms with Crippen LogP contribution in [0.15, 0.2) is 46.9 Å². The summed E-state index contributed by atoms with van der Waals surface area (Å²) in [6.07, 6.45) is 4.07. The van der Waals surface area contributed by atoms with Crippen LogP contribution in [0.3, 0.4) is 0 Å². The average molecular weight is 489 g/mol. The molecule has 30 heavy (non-hydrogen) atoms. The molecule has 0 aliphatic carbocycles. The van der Waals surface area contributed by atoms with Gasteiger partial charge in [-0.25, -0.2) is 4.98 Å². The van der Waals surface area contributed by atoms with Gasteiger partial charge in [-0.15, -0.1) is 0 Å². The van der Waals surface area contributed by atoms with E-state index in [2.05, 4.69) is 20.9 Å². The van der Waals surface area contributed by atoms with Crippen molar-refractivity contribution in [2.45, 2.75) is 26.7 Å². The van der Waals surface area contributed by atoms with Gasteiger partial charge in [-0.3, -0.25) is 9.59 Å². The van der Waals surface area contributed by atoms with Gasteiger partial charge in [0.15, 0.2) is 11.5 Å². The predicted octanol–water partition coefficient (Wildman–Crippen LogP) is 6.45. The van der Waals surface area contributed by atoms with Crippen molar-refractivity contribution < 1.29 is 19.1 Å². The van der Waals surface area contributed by atoms with Gasteiger partial charge in [0.1, 0.15) is 5.52 Å². The highest BCUT2D eigenvalue weighted by Gasteiger charge is 2.13. The largest absolute Gasteiger partial charge is 0.425 e. The second-order valence-corrected chi connectivity index (χ2v) is 7.65. The Labute approximate surface area is 187 Å². The van der Waals surface area contributed by atoms with Crippen molar-refractivity contribution in [3.8, 4) is 11.5 Å². The fourth-order valence-electron chi connectivity index (χ4n) is 2.68. The summed E-state index contributed by atoms with van der Waals surface area (Å²) in [7, 11) is 0. The first kappa shape index (κ1) is 22.0. The maximum atomic E-state index is 11.8. The lowest BCUT2D eigenvalue weighted by Crippen LogP contribution is -2.07. The van der Waals surface area contributed by atoms with Gasteiger partial charge in [-0.05, 0) is 52.3 Å². The molecule has 0 unspecified atom stereocenters. The third kappa shape index (κ3) is 5.26. The quantitative estimate of drug-likeness (QED) is 0.294. The van der Waals surface area contributed by atoms with E-state index < -0.39 is 0 Å². The van der Waals surface area contributed by atoms with E-state index in [0.717, 1.165) is 5.39 Å². The van der Waals surface area contributed by atoms with Crippen LogP contribution in [0.5, 0.6) is 11.5 Å². The standard InChI is InChI=1S/C23H19BrClNO4/c1-3-20(27)29-19-7-5-6-14-8-10-17(26-22(14)19)11-9-15-12-16(25)13-18(24)23(15)30-21(28)4-2/h5-13H,3-4H2,1-2H3/b11-9+. The molecule has 0 amide bonds. The Morgan fingerprint density at radius 3 is 2.50 bits per heavy atom. The van der Waals surface area contributed by atoms with Crippen LogP contribution in [-0.2, 0) is 9.59 Å². The number of fused-ring (bicyclic) bond motifs is 1. The monoisotopic (exact) mass is 487 g/mol. The van der Waals surface area contributed by atoms with Gasteiger partial charge in [-0.1, -0.05) is 43.6 Å². The Morgan fingerprint density at radius 1 is 1.03 bits per heavy atom. The van der Waals surface area contributed by atoms with Crippen LogP contribution in [0.2, 0.25) is 5.02 Å². The van der Waals surface area contributed by atoms with E-state index in [9.17, 15) is 9.59 Å². The lowest BCUT2D eigenvalue weighted by atomic mass is 10.1. The number of aromatic nitrogens is 1. The minimum absolute atomic E-state index is 0.254. The highest BCUT2D eigenvalue weighted by molar-refractivity contribution is 9.10. The molecule has 0 bridgehead atoms. The van der Waals surface area contributed by atoms with Crippen molar-refractivity contribution in [3.63, 3.8) is 0 Å². The van der Waals surface area contributed by atoms with E-state index >= 15 is 0 Å². The number of carbonyl (C=O) groups is 2. The number of rotatable bonds is 6. The zero-order chi connectivity index (χ0) is 21.7. The van der Waals surface area contributed by atoms with E-state index in [4.69, 9.17) is 21.1 Å².